The Labute approximate surface area is 205 Å². The Kier molecular flexibility index (Phi) is 15.6. The van der Waals surface area contributed by atoms with Crippen molar-refractivity contribution in [1.29, 1.82) is 0 Å². The Morgan fingerprint density at radius 3 is 1.88 bits per heavy atom. The molecular formula is C23H48O7Si3. The summed E-state index contributed by atoms with van der Waals surface area (Å²) in [5.41, 5.74) is 0.347. The van der Waals surface area contributed by atoms with Gasteiger partial charge in [0.25, 0.3) is 0 Å². The van der Waals surface area contributed by atoms with Crippen molar-refractivity contribution >= 4 is 37.1 Å². The van der Waals surface area contributed by atoms with Crippen LogP contribution in [0, 0.1) is 0 Å². The summed E-state index contributed by atoms with van der Waals surface area (Å²) in [4.78, 5) is 22.9. The highest BCUT2D eigenvalue weighted by Crippen LogP contribution is 2.26. The summed E-state index contributed by atoms with van der Waals surface area (Å²) in [5.74, 6) is -0.756. The highest BCUT2D eigenvalue weighted by atomic mass is 28.5. The lowest BCUT2D eigenvalue weighted by Crippen LogP contribution is -2.52. The van der Waals surface area contributed by atoms with E-state index in [1.165, 1.54) is 18.9 Å². The van der Waals surface area contributed by atoms with E-state index in [-0.39, 0.29) is 25.6 Å². The molecule has 0 aromatic rings. The first-order chi connectivity index (χ1) is 15.2. The molecule has 10 heteroatoms. The highest BCUT2D eigenvalue weighted by Gasteiger charge is 2.39. The van der Waals surface area contributed by atoms with E-state index in [1.54, 1.807) is 6.92 Å². The zero-order valence-electron chi connectivity index (χ0n) is 22.3. The predicted octanol–water partition coefficient (Wildman–Crippen LogP) is 5.78. The average molecular weight is 521 g/mol. The van der Waals surface area contributed by atoms with Crippen LogP contribution in [0.1, 0.15) is 46.0 Å². The normalized spacial score (nSPS) is 12.5. The number of ether oxygens (including phenoxy) is 3. The predicted molar refractivity (Wildman–Crippen MR) is 141 cm³/mol. The first-order valence-corrected chi connectivity index (χ1v) is 21.2. The van der Waals surface area contributed by atoms with Crippen LogP contribution in [-0.2, 0) is 32.0 Å². The molecule has 194 valence electrons. The van der Waals surface area contributed by atoms with Gasteiger partial charge in [0, 0.05) is 18.6 Å². The van der Waals surface area contributed by atoms with Crippen LogP contribution < -0.4 is 0 Å². The zero-order valence-corrected chi connectivity index (χ0v) is 25.3. The van der Waals surface area contributed by atoms with Gasteiger partial charge in [0.2, 0.25) is 0 Å². The van der Waals surface area contributed by atoms with E-state index in [4.69, 9.17) is 22.4 Å². The molecule has 0 N–H and O–H groups in total. The third-order valence-corrected chi connectivity index (χ3v) is 16.3. The van der Waals surface area contributed by atoms with Crippen molar-refractivity contribution in [2.45, 2.75) is 97.3 Å². The average Bonchev–Trinajstić information content (AvgIpc) is 2.66. The van der Waals surface area contributed by atoms with Gasteiger partial charge in [-0.2, -0.15) is 0 Å². The second kappa shape index (κ2) is 16.0. The molecule has 0 unspecified atom stereocenters. The Bertz CT molecular complexity index is 607. The van der Waals surface area contributed by atoms with Gasteiger partial charge in [-0.05, 0) is 71.1 Å². The van der Waals surface area contributed by atoms with Gasteiger partial charge < -0.3 is 22.4 Å². The van der Waals surface area contributed by atoms with E-state index in [0.29, 0.717) is 25.2 Å². The van der Waals surface area contributed by atoms with Crippen LogP contribution in [0.5, 0.6) is 0 Å². The number of unbranched alkanes of at least 4 members (excludes halogenated alkanes) is 1. The summed E-state index contributed by atoms with van der Waals surface area (Å²) >= 11 is 0. The molecule has 0 saturated heterocycles. The molecule has 0 amide bonds. The van der Waals surface area contributed by atoms with Gasteiger partial charge in [0.1, 0.15) is 6.61 Å². The molecule has 0 aromatic heterocycles. The number of esters is 2. The van der Waals surface area contributed by atoms with Crippen molar-refractivity contribution in [3.05, 3.63) is 12.2 Å². The van der Waals surface area contributed by atoms with E-state index in [9.17, 15) is 9.59 Å². The Hall–Kier alpha value is -0.789. The molecule has 0 atom stereocenters. The molecule has 0 heterocycles. The summed E-state index contributed by atoms with van der Waals surface area (Å²) in [5, 5.41) is 0. The lowest BCUT2D eigenvalue weighted by Gasteiger charge is -2.38. The van der Waals surface area contributed by atoms with Gasteiger partial charge in [0.05, 0.1) is 13.2 Å². The standard InChI is InChI=1S/C23H48O7Si3/c1-10-11-19-31(4,5)29-33(8,9)30-32(6,7)20-13-15-26-17-18-27-22(24)14-12-16-28-23(25)21(2)3/h2,10-20H2,1,3-9H3. The largest absolute Gasteiger partial charge is 0.463 e. The smallest absolute Gasteiger partial charge is 0.333 e. The Morgan fingerprint density at radius 2 is 1.33 bits per heavy atom. The van der Waals surface area contributed by atoms with Crippen LogP contribution in [0.2, 0.25) is 51.4 Å². The van der Waals surface area contributed by atoms with Crippen LogP contribution in [0.25, 0.3) is 0 Å². The van der Waals surface area contributed by atoms with E-state index < -0.39 is 31.2 Å². The fraction of sp³-hybridized carbons (Fsp3) is 0.826. The maximum absolute atomic E-state index is 11.7. The number of carbonyl (C=O) groups excluding carboxylic acids is 2. The number of hydrogen-bond donors (Lipinski definition) is 0. The minimum atomic E-state index is -2.15. The first kappa shape index (κ1) is 32.2. The molecule has 33 heavy (non-hydrogen) atoms. The van der Waals surface area contributed by atoms with Crippen molar-refractivity contribution in [3.63, 3.8) is 0 Å². The number of carbonyl (C=O) groups is 2. The lowest BCUT2D eigenvalue weighted by molar-refractivity contribution is -0.147. The molecule has 0 fully saturated rings. The Balaban J connectivity index is 3.96. The van der Waals surface area contributed by atoms with Crippen molar-refractivity contribution in [2.24, 2.45) is 0 Å². The van der Waals surface area contributed by atoms with E-state index >= 15 is 0 Å². The SMILES string of the molecule is C=C(C)C(=O)OCCCC(=O)OCCOCCC[Si](C)(C)O[Si](C)(C)O[Si](C)(C)CCCC. The lowest BCUT2D eigenvalue weighted by atomic mass is 10.3. The first-order valence-electron chi connectivity index (χ1n) is 12.2. The van der Waals surface area contributed by atoms with Crippen molar-refractivity contribution in [1.82, 2.24) is 0 Å². The molecule has 0 spiro atoms. The second-order valence-corrected chi connectivity index (χ2v) is 22.7. The summed E-state index contributed by atoms with van der Waals surface area (Å²) in [6.07, 6.45) is 3.99. The monoisotopic (exact) mass is 520 g/mol. The van der Waals surface area contributed by atoms with Gasteiger partial charge in [-0.15, -0.1) is 0 Å². The van der Waals surface area contributed by atoms with Crippen LogP contribution in [-0.4, -0.2) is 63.6 Å². The van der Waals surface area contributed by atoms with Crippen LogP contribution in [0.15, 0.2) is 12.2 Å². The number of hydrogen-bond acceptors (Lipinski definition) is 7. The molecular weight excluding hydrogens is 473 g/mol. The maximum Gasteiger partial charge on any atom is 0.333 e. The van der Waals surface area contributed by atoms with E-state index in [1.807, 2.05) is 0 Å². The van der Waals surface area contributed by atoms with Crippen LogP contribution in [0.3, 0.4) is 0 Å². The molecule has 0 aliphatic heterocycles. The van der Waals surface area contributed by atoms with Crippen LogP contribution in [0.4, 0.5) is 0 Å². The van der Waals surface area contributed by atoms with Crippen molar-refractivity contribution in [2.75, 3.05) is 26.4 Å². The molecule has 7 nitrogen and oxygen atoms in total. The fourth-order valence-corrected chi connectivity index (χ4v) is 17.8. The summed E-state index contributed by atoms with van der Waals surface area (Å²) in [6.45, 7) is 22.2. The maximum atomic E-state index is 11.7. The minimum absolute atomic E-state index is 0.183. The van der Waals surface area contributed by atoms with Gasteiger partial charge in [-0.3, -0.25) is 4.79 Å². The quantitative estimate of drug-likeness (QED) is 0.0924. The third kappa shape index (κ3) is 18.2. The Morgan fingerprint density at radius 1 is 0.758 bits per heavy atom. The second-order valence-electron chi connectivity index (χ2n) is 10.2. The molecule has 0 bridgehead atoms. The summed E-state index contributed by atoms with van der Waals surface area (Å²) in [6, 6.07) is 2.19. The van der Waals surface area contributed by atoms with Gasteiger partial charge in [-0.1, -0.05) is 26.3 Å². The van der Waals surface area contributed by atoms with Crippen molar-refractivity contribution < 1.29 is 32.0 Å². The van der Waals surface area contributed by atoms with Crippen LogP contribution >= 0.6 is 0 Å². The van der Waals surface area contributed by atoms with Gasteiger partial charge >= 0.3 is 20.5 Å². The molecule has 0 aromatic carbocycles. The summed E-state index contributed by atoms with van der Waals surface area (Å²) in [7, 11) is -5.66. The van der Waals surface area contributed by atoms with Gasteiger partial charge in [0.15, 0.2) is 16.6 Å². The molecule has 0 rings (SSSR count). The number of rotatable bonds is 19. The van der Waals surface area contributed by atoms with Gasteiger partial charge in [-0.25, -0.2) is 4.79 Å². The summed E-state index contributed by atoms with van der Waals surface area (Å²) < 4.78 is 28.9. The van der Waals surface area contributed by atoms with E-state index in [2.05, 4.69) is 52.8 Å². The highest BCUT2D eigenvalue weighted by molar-refractivity contribution is 6.87. The third-order valence-electron chi connectivity index (χ3n) is 4.84. The van der Waals surface area contributed by atoms with E-state index in [0.717, 1.165) is 12.5 Å². The zero-order chi connectivity index (χ0) is 25.5. The molecule has 0 radical (unpaired) electrons. The molecule has 0 aliphatic carbocycles. The molecule has 0 saturated carbocycles. The molecule has 0 aliphatic rings. The van der Waals surface area contributed by atoms with Crippen molar-refractivity contribution in [3.8, 4) is 0 Å². The minimum Gasteiger partial charge on any atom is -0.463 e. The fourth-order valence-electron chi connectivity index (χ4n) is 3.55. The topological polar surface area (TPSA) is 80.3 Å².